The van der Waals surface area contributed by atoms with E-state index in [0.29, 0.717) is 6.42 Å². The lowest BCUT2D eigenvalue weighted by Crippen LogP contribution is -2.28. The van der Waals surface area contributed by atoms with Crippen molar-refractivity contribution >= 4 is 5.91 Å². The van der Waals surface area contributed by atoms with E-state index >= 15 is 0 Å². The lowest BCUT2D eigenvalue weighted by Gasteiger charge is -2.05. The number of carbonyl (C=O) groups is 1. The van der Waals surface area contributed by atoms with Crippen molar-refractivity contribution in [1.29, 1.82) is 0 Å². The topological polar surface area (TPSA) is 54.0 Å². The normalized spacial score (nSPS) is 10.1. The summed E-state index contributed by atoms with van der Waals surface area (Å²) in [5.41, 5.74) is 0.999. The van der Waals surface area contributed by atoms with Gasteiger partial charge >= 0.3 is 0 Å². The summed E-state index contributed by atoms with van der Waals surface area (Å²) >= 11 is 0. The van der Waals surface area contributed by atoms with Crippen molar-refractivity contribution in [2.75, 3.05) is 19.6 Å². The minimum absolute atomic E-state index is 0.0719. The van der Waals surface area contributed by atoms with Gasteiger partial charge in [0.25, 0.3) is 0 Å². The zero-order valence-corrected chi connectivity index (χ0v) is 9.70. The summed E-state index contributed by atoms with van der Waals surface area (Å²) in [4.78, 5) is 15.4. The van der Waals surface area contributed by atoms with Crippen LogP contribution in [-0.4, -0.2) is 30.5 Å². The summed E-state index contributed by atoms with van der Waals surface area (Å²) in [7, 11) is 0. The quantitative estimate of drug-likeness (QED) is 0.668. The first-order valence-electron chi connectivity index (χ1n) is 5.69. The van der Waals surface area contributed by atoms with Gasteiger partial charge in [-0.05, 0) is 37.2 Å². The fourth-order valence-corrected chi connectivity index (χ4v) is 1.37. The molecule has 1 amide bonds. The maximum Gasteiger partial charge on any atom is 0.224 e. The number of nitrogens with zero attached hydrogens (tertiary/aromatic N) is 1. The van der Waals surface area contributed by atoms with Crippen LogP contribution in [0.25, 0.3) is 0 Å². The van der Waals surface area contributed by atoms with Crippen LogP contribution in [0.15, 0.2) is 24.5 Å². The number of carbonyl (C=O) groups excluding carboxylic acids is 1. The Labute approximate surface area is 96.5 Å². The van der Waals surface area contributed by atoms with Crippen LogP contribution < -0.4 is 10.6 Å². The molecule has 0 aliphatic rings. The van der Waals surface area contributed by atoms with Crippen molar-refractivity contribution in [2.45, 2.75) is 19.8 Å². The highest BCUT2D eigenvalue weighted by Gasteiger charge is 2.01. The first-order chi connectivity index (χ1) is 7.83. The number of pyridine rings is 1. The smallest absolute Gasteiger partial charge is 0.224 e. The van der Waals surface area contributed by atoms with Crippen LogP contribution in [0, 0.1) is 0 Å². The minimum Gasteiger partial charge on any atom is -0.356 e. The van der Waals surface area contributed by atoms with Gasteiger partial charge in [-0.2, -0.15) is 0 Å². The molecule has 0 saturated carbocycles. The Kier molecular flexibility index (Phi) is 6.18. The number of nitrogens with one attached hydrogen (secondary N) is 2. The molecule has 0 atom stereocenters. The third-order valence-corrected chi connectivity index (χ3v) is 2.22. The first kappa shape index (κ1) is 12.6. The molecule has 16 heavy (non-hydrogen) atoms. The largest absolute Gasteiger partial charge is 0.356 e. The third kappa shape index (κ3) is 5.46. The fourth-order valence-electron chi connectivity index (χ4n) is 1.37. The molecule has 4 heteroatoms. The van der Waals surface area contributed by atoms with Crippen LogP contribution in [0.4, 0.5) is 0 Å². The summed E-state index contributed by atoms with van der Waals surface area (Å²) in [6, 6.07) is 3.72. The summed E-state index contributed by atoms with van der Waals surface area (Å²) in [6.07, 6.45) is 4.81. The molecule has 0 bridgehead atoms. The van der Waals surface area contributed by atoms with Gasteiger partial charge < -0.3 is 10.6 Å². The van der Waals surface area contributed by atoms with Crippen molar-refractivity contribution < 1.29 is 4.79 Å². The zero-order chi connectivity index (χ0) is 11.6. The molecule has 88 valence electrons. The molecule has 0 unspecified atom stereocenters. The van der Waals surface area contributed by atoms with Crippen molar-refractivity contribution in [1.82, 2.24) is 15.6 Å². The second kappa shape index (κ2) is 7.82. The summed E-state index contributed by atoms with van der Waals surface area (Å²) in [5.74, 6) is 0.0719. The van der Waals surface area contributed by atoms with Crippen molar-refractivity contribution in [3.05, 3.63) is 30.1 Å². The number of hydrogen-bond donors (Lipinski definition) is 2. The molecule has 0 saturated heterocycles. The molecule has 1 aromatic rings. The van der Waals surface area contributed by atoms with Crippen molar-refractivity contribution in [2.24, 2.45) is 0 Å². The van der Waals surface area contributed by atoms with E-state index in [1.807, 2.05) is 12.1 Å². The maximum absolute atomic E-state index is 11.5. The van der Waals surface area contributed by atoms with Crippen LogP contribution in [0.1, 0.15) is 18.9 Å². The van der Waals surface area contributed by atoms with Gasteiger partial charge in [0, 0.05) is 18.9 Å². The van der Waals surface area contributed by atoms with E-state index in [9.17, 15) is 4.79 Å². The van der Waals surface area contributed by atoms with E-state index in [4.69, 9.17) is 0 Å². The highest BCUT2D eigenvalue weighted by atomic mass is 16.1. The van der Waals surface area contributed by atoms with Gasteiger partial charge in [-0.15, -0.1) is 0 Å². The summed E-state index contributed by atoms with van der Waals surface area (Å²) in [5, 5.41) is 6.10. The monoisotopic (exact) mass is 221 g/mol. The van der Waals surface area contributed by atoms with Gasteiger partial charge in [-0.1, -0.05) is 6.92 Å². The molecule has 4 nitrogen and oxygen atoms in total. The molecule has 1 aromatic heterocycles. The van der Waals surface area contributed by atoms with E-state index in [-0.39, 0.29) is 5.91 Å². The van der Waals surface area contributed by atoms with E-state index in [0.717, 1.165) is 31.6 Å². The molecule has 0 aliphatic heterocycles. The minimum atomic E-state index is 0.0719. The van der Waals surface area contributed by atoms with E-state index < -0.39 is 0 Å². The first-order valence-corrected chi connectivity index (χ1v) is 5.69. The maximum atomic E-state index is 11.5. The van der Waals surface area contributed by atoms with Gasteiger partial charge in [-0.3, -0.25) is 9.78 Å². The van der Waals surface area contributed by atoms with Crippen molar-refractivity contribution in [3.8, 4) is 0 Å². The van der Waals surface area contributed by atoms with E-state index in [1.165, 1.54) is 0 Å². The molecule has 1 heterocycles. The summed E-state index contributed by atoms with van der Waals surface area (Å²) < 4.78 is 0. The molecule has 0 fully saturated rings. The molecule has 0 radical (unpaired) electrons. The second-order valence-electron chi connectivity index (χ2n) is 3.59. The van der Waals surface area contributed by atoms with Crippen LogP contribution in [0.2, 0.25) is 0 Å². The molecule has 2 N–H and O–H groups in total. The third-order valence-electron chi connectivity index (χ3n) is 2.22. The Morgan fingerprint density at radius 2 is 2.06 bits per heavy atom. The van der Waals surface area contributed by atoms with Crippen LogP contribution in [0.5, 0.6) is 0 Å². The van der Waals surface area contributed by atoms with Crippen molar-refractivity contribution in [3.63, 3.8) is 0 Å². The second-order valence-corrected chi connectivity index (χ2v) is 3.59. The molecule has 1 rings (SSSR count). The Balaban J connectivity index is 2.12. The average molecular weight is 221 g/mol. The highest BCUT2D eigenvalue weighted by molar-refractivity contribution is 5.78. The van der Waals surface area contributed by atoms with E-state index in [1.54, 1.807) is 12.4 Å². The Bertz CT molecular complexity index is 300. The predicted octanol–water partition coefficient (Wildman–Crippen LogP) is 0.740. The number of rotatable bonds is 7. The van der Waals surface area contributed by atoms with Gasteiger partial charge in [0.05, 0.1) is 6.42 Å². The average Bonchev–Trinajstić information content (AvgIpc) is 2.30. The van der Waals surface area contributed by atoms with Crippen LogP contribution in [-0.2, 0) is 11.2 Å². The number of aromatic nitrogens is 1. The standard InChI is InChI=1S/C12H19N3O/c1-2-13-6-3-7-15-12(16)10-11-4-8-14-9-5-11/h4-5,8-9,13H,2-3,6-7,10H2,1H3,(H,15,16). The molecular formula is C12H19N3O. The Morgan fingerprint density at radius 1 is 1.31 bits per heavy atom. The number of amides is 1. The van der Waals surface area contributed by atoms with Gasteiger partial charge in [0.2, 0.25) is 5.91 Å². The summed E-state index contributed by atoms with van der Waals surface area (Å²) in [6.45, 7) is 4.73. The van der Waals surface area contributed by atoms with Gasteiger partial charge in [0.1, 0.15) is 0 Å². The SMILES string of the molecule is CCNCCCNC(=O)Cc1ccncc1. The molecular weight excluding hydrogens is 202 g/mol. The lowest BCUT2D eigenvalue weighted by atomic mass is 10.2. The Hall–Kier alpha value is -1.42. The van der Waals surface area contributed by atoms with Gasteiger partial charge in [0.15, 0.2) is 0 Å². The molecule has 0 aliphatic carbocycles. The van der Waals surface area contributed by atoms with Crippen LogP contribution in [0.3, 0.4) is 0 Å². The number of hydrogen-bond acceptors (Lipinski definition) is 3. The fraction of sp³-hybridized carbons (Fsp3) is 0.500. The zero-order valence-electron chi connectivity index (χ0n) is 9.70. The molecule has 0 aromatic carbocycles. The lowest BCUT2D eigenvalue weighted by molar-refractivity contribution is -0.120. The predicted molar refractivity (Wildman–Crippen MR) is 64.1 cm³/mol. The molecule has 0 spiro atoms. The van der Waals surface area contributed by atoms with Gasteiger partial charge in [-0.25, -0.2) is 0 Å². The Morgan fingerprint density at radius 3 is 2.75 bits per heavy atom. The van der Waals surface area contributed by atoms with E-state index in [2.05, 4.69) is 22.5 Å². The van der Waals surface area contributed by atoms with Crippen LogP contribution >= 0.6 is 0 Å². The highest BCUT2D eigenvalue weighted by Crippen LogP contribution is 1.96.